The van der Waals surface area contributed by atoms with E-state index < -0.39 is 0 Å². The van der Waals surface area contributed by atoms with Crippen molar-refractivity contribution in [2.45, 2.75) is 33.4 Å². The minimum atomic E-state index is 0.862. The second kappa shape index (κ2) is 6.50. The molecule has 0 aromatic carbocycles. The highest BCUT2D eigenvalue weighted by molar-refractivity contribution is 9.10. The summed E-state index contributed by atoms with van der Waals surface area (Å²) in [6.45, 7) is 6.93. The zero-order valence-electron chi connectivity index (χ0n) is 10.7. The van der Waals surface area contributed by atoms with Crippen molar-refractivity contribution in [2.75, 3.05) is 6.54 Å². The molecule has 0 aliphatic heterocycles. The summed E-state index contributed by atoms with van der Waals surface area (Å²) < 4.78 is 3.19. The van der Waals surface area contributed by atoms with Crippen molar-refractivity contribution in [3.63, 3.8) is 0 Å². The van der Waals surface area contributed by atoms with Gasteiger partial charge in [0.2, 0.25) is 0 Å². The molecule has 0 radical (unpaired) electrons. The summed E-state index contributed by atoms with van der Waals surface area (Å²) in [6.07, 6.45) is 1.09. The summed E-state index contributed by atoms with van der Waals surface area (Å²) in [5, 5.41) is 10.1. The number of hydrogen-bond donors (Lipinski definition) is 1. The fourth-order valence-corrected chi connectivity index (χ4v) is 3.04. The lowest BCUT2D eigenvalue weighted by molar-refractivity contribution is 0.579. The van der Waals surface area contributed by atoms with E-state index in [4.69, 9.17) is 0 Å². The maximum atomic E-state index is 4.49. The average molecular weight is 328 g/mol. The molecule has 2 aromatic rings. The zero-order valence-corrected chi connectivity index (χ0v) is 13.1. The van der Waals surface area contributed by atoms with Gasteiger partial charge in [-0.2, -0.15) is 5.10 Å². The van der Waals surface area contributed by atoms with Crippen LogP contribution in [0.2, 0.25) is 0 Å². The summed E-state index contributed by atoms with van der Waals surface area (Å²) in [7, 11) is 0. The first-order valence-corrected chi connectivity index (χ1v) is 7.84. The normalized spacial score (nSPS) is 11.1. The first kappa shape index (κ1) is 13.8. The molecule has 0 spiro atoms. The van der Waals surface area contributed by atoms with Gasteiger partial charge in [-0.05, 0) is 47.6 Å². The van der Waals surface area contributed by atoms with Crippen LogP contribution in [-0.4, -0.2) is 16.3 Å². The van der Waals surface area contributed by atoms with Crippen molar-refractivity contribution in [3.05, 3.63) is 38.3 Å². The van der Waals surface area contributed by atoms with E-state index in [2.05, 4.69) is 55.5 Å². The minimum absolute atomic E-state index is 0.862. The van der Waals surface area contributed by atoms with Gasteiger partial charge in [0, 0.05) is 24.5 Å². The second-order valence-corrected chi connectivity index (χ2v) is 5.99. The summed E-state index contributed by atoms with van der Waals surface area (Å²) in [5.74, 6) is 0. The molecule has 0 unspecified atom stereocenters. The Morgan fingerprint density at radius 2 is 2.33 bits per heavy atom. The van der Waals surface area contributed by atoms with Gasteiger partial charge in [0.15, 0.2) is 0 Å². The van der Waals surface area contributed by atoms with E-state index in [0.717, 1.165) is 36.2 Å². The Balaban J connectivity index is 1.86. The highest BCUT2D eigenvalue weighted by atomic mass is 79.9. The van der Waals surface area contributed by atoms with Crippen molar-refractivity contribution in [1.29, 1.82) is 0 Å². The van der Waals surface area contributed by atoms with E-state index in [-0.39, 0.29) is 0 Å². The highest BCUT2D eigenvalue weighted by Crippen LogP contribution is 2.20. The molecule has 0 aliphatic carbocycles. The van der Waals surface area contributed by atoms with Crippen LogP contribution < -0.4 is 5.32 Å². The number of nitrogens with one attached hydrogen (secondary N) is 1. The number of aryl methyl sites for hydroxylation is 2. The Kier molecular flexibility index (Phi) is 4.97. The molecule has 0 fully saturated rings. The average Bonchev–Trinajstić information content (AvgIpc) is 2.96. The predicted molar refractivity (Wildman–Crippen MR) is 80.1 cm³/mol. The fourth-order valence-electron chi connectivity index (χ4n) is 1.91. The van der Waals surface area contributed by atoms with Crippen molar-refractivity contribution in [1.82, 2.24) is 15.1 Å². The van der Waals surface area contributed by atoms with Crippen LogP contribution in [0, 0.1) is 6.92 Å². The number of thiophene rings is 1. The van der Waals surface area contributed by atoms with Gasteiger partial charge >= 0.3 is 0 Å². The molecule has 2 heterocycles. The third-order valence-corrected chi connectivity index (χ3v) is 4.84. The van der Waals surface area contributed by atoms with Crippen LogP contribution >= 0.6 is 27.3 Å². The molecular formula is C13H18BrN3S. The first-order valence-electron chi connectivity index (χ1n) is 6.17. The maximum Gasteiger partial charge on any atom is 0.0739 e. The smallest absolute Gasteiger partial charge is 0.0739 e. The van der Waals surface area contributed by atoms with E-state index in [1.807, 2.05) is 18.3 Å². The molecular weight excluding hydrogens is 310 g/mol. The number of hydrogen-bond acceptors (Lipinski definition) is 3. The number of aromatic nitrogens is 2. The van der Waals surface area contributed by atoms with Gasteiger partial charge in [0.05, 0.1) is 15.9 Å². The first-order chi connectivity index (χ1) is 8.72. The molecule has 3 nitrogen and oxygen atoms in total. The Hall–Kier alpha value is -0.650. The van der Waals surface area contributed by atoms with E-state index >= 15 is 0 Å². The minimum Gasteiger partial charge on any atom is -0.311 e. The van der Waals surface area contributed by atoms with E-state index in [1.165, 1.54) is 10.6 Å². The summed E-state index contributed by atoms with van der Waals surface area (Å²) >= 11 is 5.43. The summed E-state index contributed by atoms with van der Waals surface area (Å²) in [5.41, 5.74) is 2.30. The number of rotatable bonds is 6. The van der Waals surface area contributed by atoms with Crippen molar-refractivity contribution in [2.24, 2.45) is 0 Å². The molecule has 2 aromatic heterocycles. The standard InChI is InChI=1S/C13H18BrN3S/c1-3-17-12(13(14)10(2)16-17)9-15-7-6-11-5-4-8-18-11/h4-5,8,15H,3,6-7,9H2,1-2H3. The van der Waals surface area contributed by atoms with Crippen molar-refractivity contribution >= 4 is 27.3 Å². The van der Waals surface area contributed by atoms with E-state index in [9.17, 15) is 0 Å². The Bertz CT molecular complexity index is 491. The fraction of sp³-hybridized carbons (Fsp3) is 0.462. The number of halogens is 1. The molecule has 1 N–H and O–H groups in total. The lowest BCUT2D eigenvalue weighted by atomic mass is 10.3. The van der Waals surface area contributed by atoms with Crippen LogP contribution in [0.15, 0.2) is 22.0 Å². The van der Waals surface area contributed by atoms with Crippen LogP contribution in [0.25, 0.3) is 0 Å². The van der Waals surface area contributed by atoms with Crippen LogP contribution in [0.1, 0.15) is 23.2 Å². The van der Waals surface area contributed by atoms with E-state index in [1.54, 1.807) is 0 Å². The maximum absolute atomic E-state index is 4.49. The van der Waals surface area contributed by atoms with Crippen molar-refractivity contribution in [3.8, 4) is 0 Å². The van der Waals surface area contributed by atoms with Gasteiger partial charge in [-0.1, -0.05) is 6.07 Å². The largest absolute Gasteiger partial charge is 0.311 e. The summed E-state index contributed by atoms with van der Waals surface area (Å²) in [6, 6.07) is 4.29. The van der Waals surface area contributed by atoms with Gasteiger partial charge in [-0.15, -0.1) is 11.3 Å². The molecule has 2 rings (SSSR count). The van der Waals surface area contributed by atoms with Crippen LogP contribution in [0.3, 0.4) is 0 Å². The van der Waals surface area contributed by atoms with E-state index in [0.29, 0.717) is 0 Å². The molecule has 18 heavy (non-hydrogen) atoms. The topological polar surface area (TPSA) is 29.9 Å². The monoisotopic (exact) mass is 327 g/mol. The quantitative estimate of drug-likeness (QED) is 0.824. The molecule has 0 aliphatic rings. The molecule has 0 atom stereocenters. The molecule has 98 valence electrons. The van der Waals surface area contributed by atoms with Crippen molar-refractivity contribution < 1.29 is 0 Å². The second-order valence-electron chi connectivity index (χ2n) is 4.17. The lowest BCUT2D eigenvalue weighted by Gasteiger charge is -2.07. The van der Waals surface area contributed by atoms with Gasteiger partial charge < -0.3 is 5.32 Å². The Labute approximate surface area is 120 Å². The van der Waals surface area contributed by atoms with Gasteiger partial charge in [0.1, 0.15) is 0 Å². The molecule has 0 saturated carbocycles. The van der Waals surface area contributed by atoms with Gasteiger partial charge in [-0.3, -0.25) is 4.68 Å². The van der Waals surface area contributed by atoms with Crippen LogP contribution in [0.4, 0.5) is 0 Å². The van der Waals surface area contributed by atoms with Crippen LogP contribution in [0.5, 0.6) is 0 Å². The number of nitrogens with zero attached hydrogens (tertiary/aromatic N) is 2. The molecule has 0 amide bonds. The highest BCUT2D eigenvalue weighted by Gasteiger charge is 2.10. The van der Waals surface area contributed by atoms with Crippen LogP contribution in [-0.2, 0) is 19.5 Å². The third-order valence-electron chi connectivity index (χ3n) is 2.87. The zero-order chi connectivity index (χ0) is 13.0. The van der Waals surface area contributed by atoms with Gasteiger partial charge in [-0.25, -0.2) is 0 Å². The Morgan fingerprint density at radius 3 is 3.00 bits per heavy atom. The third kappa shape index (κ3) is 3.22. The molecule has 5 heteroatoms. The predicted octanol–water partition coefficient (Wildman–Crippen LogP) is 3.37. The summed E-state index contributed by atoms with van der Waals surface area (Å²) in [4.78, 5) is 1.43. The lowest BCUT2D eigenvalue weighted by Crippen LogP contribution is -2.19. The Morgan fingerprint density at radius 1 is 1.50 bits per heavy atom. The van der Waals surface area contributed by atoms with Gasteiger partial charge in [0.25, 0.3) is 0 Å². The SMILES string of the molecule is CCn1nc(C)c(Br)c1CNCCc1cccs1. The molecule has 0 bridgehead atoms. The molecule has 0 saturated heterocycles.